The Labute approximate surface area is 172 Å². The van der Waals surface area contributed by atoms with Crippen molar-refractivity contribution in [2.75, 3.05) is 12.4 Å². The highest BCUT2D eigenvalue weighted by Crippen LogP contribution is 2.31. The topological polar surface area (TPSA) is 84.5 Å². The van der Waals surface area contributed by atoms with E-state index in [9.17, 15) is 13.2 Å². The molecule has 1 saturated carbocycles. The lowest BCUT2D eigenvalue weighted by Crippen LogP contribution is -2.25. The van der Waals surface area contributed by atoms with E-state index < -0.39 is 10.0 Å². The van der Waals surface area contributed by atoms with Crippen molar-refractivity contribution < 1.29 is 17.9 Å². The van der Waals surface area contributed by atoms with Gasteiger partial charge >= 0.3 is 0 Å². The maximum absolute atomic E-state index is 12.6. The first-order chi connectivity index (χ1) is 13.6. The van der Waals surface area contributed by atoms with Crippen molar-refractivity contribution in [1.82, 2.24) is 4.72 Å². The van der Waals surface area contributed by atoms with Crippen LogP contribution in [0.15, 0.2) is 29.2 Å². The van der Waals surface area contributed by atoms with E-state index in [-0.39, 0.29) is 16.7 Å². The number of benzene rings is 2. The highest BCUT2D eigenvalue weighted by molar-refractivity contribution is 7.89. The first-order valence-corrected chi connectivity index (χ1v) is 11.2. The second-order valence-corrected chi connectivity index (χ2v) is 9.37. The van der Waals surface area contributed by atoms with E-state index in [1.165, 1.54) is 0 Å². The van der Waals surface area contributed by atoms with Crippen molar-refractivity contribution in [3.8, 4) is 5.75 Å². The molecule has 0 saturated heterocycles. The minimum absolute atomic E-state index is 0.0399. The van der Waals surface area contributed by atoms with Crippen LogP contribution in [0, 0.1) is 20.8 Å². The highest BCUT2D eigenvalue weighted by atomic mass is 32.2. The van der Waals surface area contributed by atoms with Gasteiger partial charge in [-0.3, -0.25) is 4.79 Å². The van der Waals surface area contributed by atoms with E-state index in [1.807, 2.05) is 26.8 Å². The number of hydrogen-bond acceptors (Lipinski definition) is 5. The van der Waals surface area contributed by atoms with Gasteiger partial charge in [-0.05, 0) is 81.0 Å². The second-order valence-electron chi connectivity index (χ2n) is 7.66. The molecule has 0 unspecified atom stereocenters. The van der Waals surface area contributed by atoms with Gasteiger partial charge < -0.3 is 10.1 Å². The lowest BCUT2D eigenvalue weighted by Gasteiger charge is -2.18. The minimum Gasteiger partial charge on any atom is -0.495 e. The molecule has 0 atom stereocenters. The summed E-state index contributed by atoms with van der Waals surface area (Å²) >= 11 is 0. The largest absolute Gasteiger partial charge is 0.495 e. The third-order valence-electron chi connectivity index (χ3n) is 5.32. The standard InChI is InChI=1S/C22H28N2O4S/c1-13-10-14(2)22(16(4)25)15(3)19(13)12-23-20-11-18(8-9-21(20)28-5)29(26,27)24-17-6-7-17/h8-11,17,23-24H,6-7,12H2,1-5H3. The normalized spacial score (nSPS) is 14.0. The molecule has 29 heavy (non-hydrogen) atoms. The number of Topliss-reactive ketones (excluding diaryl/α,β-unsaturated/α-hetero) is 1. The van der Waals surface area contributed by atoms with Gasteiger partial charge in [-0.1, -0.05) is 6.07 Å². The van der Waals surface area contributed by atoms with Gasteiger partial charge in [-0.15, -0.1) is 0 Å². The Morgan fingerprint density at radius 1 is 1.14 bits per heavy atom. The number of rotatable bonds is 8. The molecule has 6 nitrogen and oxygen atoms in total. The van der Waals surface area contributed by atoms with Crippen LogP contribution in [0.1, 0.15) is 52.4 Å². The molecule has 0 radical (unpaired) electrons. The van der Waals surface area contributed by atoms with Crippen LogP contribution in [0.4, 0.5) is 5.69 Å². The van der Waals surface area contributed by atoms with E-state index >= 15 is 0 Å². The summed E-state index contributed by atoms with van der Waals surface area (Å²) in [6, 6.07) is 6.85. The quantitative estimate of drug-likeness (QED) is 0.638. The molecule has 0 aromatic heterocycles. The molecule has 0 amide bonds. The Hall–Kier alpha value is -2.38. The van der Waals surface area contributed by atoms with Crippen LogP contribution in [0.2, 0.25) is 0 Å². The average Bonchev–Trinajstić information content (AvgIpc) is 3.43. The summed E-state index contributed by atoms with van der Waals surface area (Å²) in [6.45, 7) is 7.93. The van der Waals surface area contributed by atoms with Gasteiger partial charge in [0.25, 0.3) is 0 Å². The van der Waals surface area contributed by atoms with Crippen LogP contribution in [-0.2, 0) is 16.6 Å². The van der Waals surface area contributed by atoms with Gasteiger partial charge in [-0.2, -0.15) is 0 Å². The fraction of sp³-hybridized carbons (Fsp3) is 0.409. The molecule has 0 heterocycles. The van der Waals surface area contributed by atoms with Crippen molar-refractivity contribution in [1.29, 1.82) is 0 Å². The maximum Gasteiger partial charge on any atom is 0.240 e. The summed E-state index contributed by atoms with van der Waals surface area (Å²) in [4.78, 5) is 12.3. The number of aryl methyl sites for hydroxylation is 2. The number of methoxy groups -OCH3 is 1. The predicted octanol–water partition coefficient (Wildman–Crippen LogP) is 3.88. The van der Waals surface area contributed by atoms with Crippen molar-refractivity contribution in [3.05, 3.63) is 52.1 Å². The van der Waals surface area contributed by atoms with Crippen LogP contribution in [0.5, 0.6) is 5.75 Å². The van der Waals surface area contributed by atoms with E-state index in [4.69, 9.17) is 4.74 Å². The lowest BCUT2D eigenvalue weighted by molar-refractivity contribution is 0.101. The molecule has 0 spiro atoms. The first-order valence-electron chi connectivity index (χ1n) is 9.69. The van der Waals surface area contributed by atoms with E-state index in [0.29, 0.717) is 18.0 Å². The molecule has 7 heteroatoms. The molecule has 156 valence electrons. The number of anilines is 1. The molecule has 2 aromatic carbocycles. The number of sulfonamides is 1. The third-order valence-corrected chi connectivity index (χ3v) is 6.84. The number of ketones is 1. The molecular weight excluding hydrogens is 388 g/mol. The highest BCUT2D eigenvalue weighted by Gasteiger charge is 2.28. The number of carbonyl (C=O) groups is 1. The van der Waals surface area contributed by atoms with Crippen molar-refractivity contribution in [3.63, 3.8) is 0 Å². The number of carbonyl (C=O) groups excluding carboxylic acids is 1. The summed E-state index contributed by atoms with van der Waals surface area (Å²) in [5, 5.41) is 3.30. The summed E-state index contributed by atoms with van der Waals surface area (Å²) in [5.41, 5.74) is 5.34. The van der Waals surface area contributed by atoms with Crippen LogP contribution in [0.25, 0.3) is 0 Å². The summed E-state index contributed by atoms with van der Waals surface area (Å²) in [7, 11) is -2.01. The van der Waals surface area contributed by atoms with Crippen LogP contribution in [0.3, 0.4) is 0 Å². The molecule has 2 N–H and O–H groups in total. The zero-order valence-electron chi connectivity index (χ0n) is 17.5. The Morgan fingerprint density at radius 2 is 1.83 bits per heavy atom. The van der Waals surface area contributed by atoms with E-state index in [2.05, 4.69) is 10.0 Å². The third kappa shape index (κ3) is 4.62. The molecule has 3 rings (SSSR count). The van der Waals surface area contributed by atoms with Crippen LogP contribution in [-0.4, -0.2) is 27.4 Å². The molecule has 1 aliphatic rings. The molecule has 0 aliphatic heterocycles. The van der Waals surface area contributed by atoms with Crippen LogP contribution < -0.4 is 14.8 Å². The van der Waals surface area contributed by atoms with Gasteiger partial charge in [0.2, 0.25) is 10.0 Å². The van der Waals surface area contributed by atoms with E-state index in [0.717, 1.165) is 40.7 Å². The van der Waals surface area contributed by atoms with Gasteiger partial charge in [0.05, 0.1) is 17.7 Å². The predicted molar refractivity (Wildman–Crippen MR) is 114 cm³/mol. The Bertz CT molecular complexity index is 1060. The monoisotopic (exact) mass is 416 g/mol. The average molecular weight is 417 g/mol. The molecule has 2 aromatic rings. The number of nitrogens with one attached hydrogen (secondary N) is 2. The van der Waals surface area contributed by atoms with Gasteiger partial charge in [-0.25, -0.2) is 13.1 Å². The minimum atomic E-state index is -3.56. The smallest absolute Gasteiger partial charge is 0.240 e. The van der Waals surface area contributed by atoms with Crippen LogP contribution >= 0.6 is 0 Å². The second kappa shape index (κ2) is 8.16. The molecule has 0 bridgehead atoms. The zero-order valence-corrected chi connectivity index (χ0v) is 18.4. The van der Waals surface area contributed by atoms with Crippen molar-refractivity contribution in [2.45, 2.75) is 58.0 Å². The van der Waals surface area contributed by atoms with Crippen molar-refractivity contribution in [2.24, 2.45) is 0 Å². The van der Waals surface area contributed by atoms with Crippen molar-refractivity contribution >= 4 is 21.5 Å². The summed E-state index contributed by atoms with van der Waals surface area (Å²) in [6.07, 6.45) is 1.76. The Morgan fingerprint density at radius 3 is 2.41 bits per heavy atom. The van der Waals surface area contributed by atoms with E-state index in [1.54, 1.807) is 32.2 Å². The molecular formula is C22H28N2O4S. The molecule has 1 aliphatic carbocycles. The Balaban J connectivity index is 1.91. The number of ether oxygens (including phenoxy) is 1. The fourth-order valence-corrected chi connectivity index (χ4v) is 5.04. The van der Waals surface area contributed by atoms with Gasteiger partial charge in [0.1, 0.15) is 5.75 Å². The van der Waals surface area contributed by atoms with Gasteiger partial charge in [0, 0.05) is 18.2 Å². The molecule has 1 fully saturated rings. The Kier molecular flexibility index (Phi) is 6.00. The fourth-order valence-electron chi connectivity index (χ4n) is 3.70. The SMILES string of the molecule is COc1ccc(S(=O)(=O)NC2CC2)cc1NCc1c(C)cc(C)c(C(C)=O)c1C. The summed E-state index contributed by atoms with van der Waals surface area (Å²) in [5.74, 6) is 0.600. The lowest BCUT2D eigenvalue weighted by atomic mass is 9.91. The summed E-state index contributed by atoms with van der Waals surface area (Å²) < 4.78 is 33.2. The van der Waals surface area contributed by atoms with Gasteiger partial charge in [0.15, 0.2) is 5.78 Å². The first kappa shape index (κ1) is 21.3. The number of hydrogen-bond donors (Lipinski definition) is 2. The zero-order chi connectivity index (χ0) is 21.3. The maximum atomic E-state index is 12.6.